The van der Waals surface area contributed by atoms with Crippen LogP contribution in [0.2, 0.25) is 0 Å². The van der Waals surface area contributed by atoms with Crippen LogP contribution in [0, 0.1) is 11.3 Å². The van der Waals surface area contributed by atoms with E-state index in [4.69, 9.17) is 10.00 Å². The fourth-order valence-corrected chi connectivity index (χ4v) is 1.38. The second-order valence-corrected chi connectivity index (χ2v) is 4.95. The average Bonchev–Trinajstić information content (AvgIpc) is 2.24. The van der Waals surface area contributed by atoms with Gasteiger partial charge in [0.1, 0.15) is 5.60 Å². The molecular weight excluding hydrogens is 273 g/mol. The lowest BCUT2D eigenvalue weighted by molar-refractivity contribution is -0.127. The first-order valence-electron chi connectivity index (χ1n) is 5.65. The topological polar surface area (TPSA) is 53.3 Å². The van der Waals surface area contributed by atoms with E-state index in [0.717, 1.165) is 12.1 Å². The Morgan fingerprint density at radius 3 is 2.35 bits per heavy atom. The normalized spacial score (nSPS) is 11.7. The number of carbonyl (C=O) groups is 1. The van der Waals surface area contributed by atoms with Gasteiger partial charge in [-0.05, 0) is 39.0 Å². The SMILES string of the molecule is CC(C)(C)OC(=O)N(c1cccc(C#N)c1)C(F)(F)F. The maximum Gasteiger partial charge on any atom is 0.494 e. The number of amides is 1. The summed E-state index contributed by atoms with van der Waals surface area (Å²) < 4.78 is 43.8. The average molecular weight is 286 g/mol. The molecular formula is C13H13F3N2O2. The summed E-state index contributed by atoms with van der Waals surface area (Å²) in [7, 11) is 0. The molecule has 108 valence electrons. The largest absolute Gasteiger partial charge is 0.494 e. The summed E-state index contributed by atoms with van der Waals surface area (Å²) in [5.74, 6) is 0. The zero-order chi connectivity index (χ0) is 15.6. The van der Waals surface area contributed by atoms with Gasteiger partial charge >= 0.3 is 12.4 Å². The Balaban J connectivity index is 3.20. The first-order chi connectivity index (χ1) is 9.04. The van der Waals surface area contributed by atoms with Gasteiger partial charge in [0.05, 0.1) is 17.3 Å². The molecule has 0 radical (unpaired) electrons. The van der Waals surface area contributed by atoms with Crippen molar-refractivity contribution in [3.05, 3.63) is 29.8 Å². The fraction of sp³-hybridized carbons (Fsp3) is 0.385. The molecule has 4 nitrogen and oxygen atoms in total. The lowest BCUT2D eigenvalue weighted by Crippen LogP contribution is -2.45. The Kier molecular flexibility index (Phi) is 4.28. The van der Waals surface area contributed by atoms with Crippen LogP contribution in [0.4, 0.5) is 23.7 Å². The van der Waals surface area contributed by atoms with Crippen molar-refractivity contribution < 1.29 is 22.7 Å². The summed E-state index contributed by atoms with van der Waals surface area (Å²) in [6, 6.07) is 6.37. The number of hydrogen-bond acceptors (Lipinski definition) is 3. The van der Waals surface area contributed by atoms with Gasteiger partial charge in [-0.3, -0.25) is 0 Å². The summed E-state index contributed by atoms with van der Waals surface area (Å²) in [5.41, 5.74) is -1.51. The van der Waals surface area contributed by atoms with Gasteiger partial charge in [-0.25, -0.2) is 4.79 Å². The molecule has 0 atom stereocenters. The predicted octanol–water partition coefficient (Wildman–Crippen LogP) is 3.82. The molecule has 1 rings (SSSR count). The van der Waals surface area contributed by atoms with Crippen molar-refractivity contribution in [3.63, 3.8) is 0 Å². The third-order valence-corrected chi connectivity index (χ3v) is 2.06. The van der Waals surface area contributed by atoms with Gasteiger partial charge in [0, 0.05) is 0 Å². The highest BCUT2D eigenvalue weighted by atomic mass is 19.4. The molecule has 0 aromatic heterocycles. The standard InChI is InChI=1S/C13H13F3N2O2/c1-12(2,3)20-11(19)18(13(14,15)16)10-6-4-5-9(7-10)8-17/h4-7H,1-3H3. The van der Waals surface area contributed by atoms with Crippen LogP contribution in [-0.2, 0) is 4.74 Å². The van der Waals surface area contributed by atoms with Crippen LogP contribution in [0.3, 0.4) is 0 Å². The molecule has 0 heterocycles. The minimum Gasteiger partial charge on any atom is -0.443 e. The molecule has 20 heavy (non-hydrogen) atoms. The highest BCUT2D eigenvalue weighted by Gasteiger charge is 2.44. The third-order valence-electron chi connectivity index (χ3n) is 2.06. The third kappa shape index (κ3) is 4.16. The molecule has 0 aliphatic rings. The Labute approximate surface area is 114 Å². The van der Waals surface area contributed by atoms with Gasteiger partial charge in [0.15, 0.2) is 0 Å². The van der Waals surface area contributed by atoms with Crippen molar-refractivity contribution in [2.45, 2.75) is 32.7 Å². The maximum atomic E-state index is 13.0. The number of ether oxygens (including phenoxy) is 1. The molecule has 1 amide bonds. The van der Waals surface area contributed by atoms with Crippen LogP contribution >= 0.6 is 0 Å². The number of halogens is 3. The number of nitriles is 1. The van der Waals surface area contributed by atoms with Crippen molar-refractivity contribution in [3.8, 4) is 6.07 Å². The quantitative estimate of drug-likeness (QED) is 0.737. The van der Waals surface area contributed by atoms with Crippen LogP contribution in [0.15, 0.2) is 24.3 Å². The fourth-order valence-electron chi connectivity index (χ4n) is 1.38. The molecule has 1 aromatic rings. The monoisotopic (exact) mass is 286 g/mol. The molecule has 0 saturated carbocycles. The van der Waals surface area contributed by atoms with E-state index in [2.05, 4.69) is 0 Å². The molecule has 0 fully saturated rings. The van der Waals surface area contributed by atoms with Crippen LogP contribution in [-0.4, -0.2) is 18.0 Å². The van der Waals surface area contributed by atoms with Crippen molar-refractivity contribution in [2.24, 2.45) is 0 Å². The summed E-state index contributed by atoms with van der Waals surface area (Å²) in [6.45, 7) is 4.39. The van der Waals surface area contributed by atoms with Crippen LogP contribution in [0.5, 0.6) is 0 Å². The Morgan fingerprint density at radius 1 is 1.30 bits per heavy atom. The highest BCUT2D eigenvalue weighted by molar-refractivity contribution is 5.88. The van der Waals surface area contributed by atoms with Gasteiger partial charge in [0.2, 0.25) is 0 Å². The molecule has 0 saturated heterocycles. The number of hydrogen-bond donors (Lipinski definition) is 0. The van der Waals surface area contributed by atoms with E-state index in [1.165, 1.54) is 32.9 Å². The molecule has 0 aliphatic carbocycles. The highest BCUT2D eigenvalue weighted by Crippen LogP contribution is 2.30. The lowest BCUT2D eigenvalue weighted by atomic mass is 10.2. The Hall–Kier alpha value is -2.23. The Bertz CT molecular complexity index is 542. The van der Waals surface area contributed by atoms with Crippen LogP contribution in [0.25, 0.3) is 0 Å². The van der Waals surface area contributed by atoms with Crippen molar-refractivity contribution in [1.29, 1.82) is 5.26 Å². The van der Waals surface area contributed by atoms with E-state index in [1.807, 2.05) is 0 Å². The van der Waals surface area contributed by atoms with Gasteiger partial charge in [-0.2, -0.15) is 10.2 Å². The van der Waals surface area contributed by atoms with Crippen LogP contribution in [0.1, 0.15) is 26.3 Å². The first kappa shape index (κ1) is 15.8. The number of alkyl halides is 3. The van der Waals surface area contributed by atoms with Crippen LogP contribution < -0.4 is 4.90 Å². The number of nitrogens with zero attached hydrogens (tertiary/aromatic N) is 2. The molecule has 0 spiro atoms. The second-order valence-electron chi connectivity index (χ2n) is 4.95. The minimum absolute atomic E-state index is 0.0142. The molecule has 1 aromatic carbocycles. The molecule has 0 N–H and O–H groups in total. The van der Waals surface area contributed by atoms with Gasteiger partial charge in [-0.15, -0.1) is 13.2 Å². The van der Waals surface area contributed by atoms with E-state index in [0.29, 0.717) is 0 Å². The summed E-state index contributed by atoms with van der Waals surface area (Å²) in [5, 5.41) is 8.71. The first-order valence-corrected chi connectivity index (χ1v) is 5.65. The summed E-state index contributed by atoms with van der Waals surface area (Å²) in [6.07, 6.45) is -6.49. The zero-order valence-electron chi connectivity index (χ0n) is 11.2. The predicted molar refractivity (Wildman–Crippen MR) is 65.9 cm³/mol. The number of benzene rings is 1. The van der Waals surface area contributed by atoms with E-state index in [9.17, 15) is 18.0 Å². The maximum absolute atomic E-state index is 13.0. The van der Waals surface area contributed by atoms with Crippen molar-refractivity contribution in [1.82, 2.24) is 0 Å². The minimum atomic E-state index is -4.95. The summed E-state index contributed by atoms with van der Waals surface area (Å²) in [4.78, 5) is 11.3. The van der Waals surface area contributed by atoms with E-state index < -0.39 is 28.6 Å². The number of rotatable bonds is 1. The smallest absolute Gasteiger partial charge is 0.443 e. The van der Waals surface area contributed by atoms with Crippen molar-refractivity contribution >= 4 is 11.8 Å². The molecule has 0 aliphatic heterocycles. The van der Waals surface area contributed by atoms with Gasteiger partial charge in [-0.1, -0.05) is 6.07 Å². The molecule has 0 unspecified atom stereocenters. The number of carbonyl (C=O) groups excluding carboxylic acids is 1. The van der Waals surface area contributed by atoms with E-state index in [-0.39, 0.29) is 5.56 Å². The van der Waals surface area contributed by atoms with Gasteiger partial charge in [0.25, 0.3) is 0 Å². The van der Waals surface area contributed by atoms with Crippen molar-refractivity contribution in [2.75, 3.05) is 4.90 Å². The zero-order valence-corrected chi connectivity index (χ0v) is 11.2. The Morgan fingerprint density at radius 2 is 1.90 bits per heavy atom. The van der Waals surface area contributed by atoms with Gasteiger partial charge < -0.3 is 4.74 Å². The lowest BCUT2D eigenvalue weighted by Gasteiger charge is -2.28. The van der Waals surface area contributed by atoms with E-state index in [1.54, 1.807) is 6.07 Å². The van der Waals surface area contributed by atoms with E-state index >= 15 is 0 Å². The number of anilines is 1. The summed E-state index contributed by atoms with van der Waals surface area (Å²) >= 11 is 0. The second kappa shape index (κ2) is 5.41. The molecule has 0 bridgehead atoms. The molecule has 7 heteroatoms.